The number of aryl methyl sites for hydroxylation is 1. The van der Waals surface area contributed by atoms with Gasteiger partial charge in [0.15, 0.2) is 5.82 Å². The quantitative estimate of drug-likeness (QED) is 0.624. The molecule has 0 aromatic carbocycles. The Bertz CT molecular complexity index is 561. The minimum absolute atomic E-state index is 0.334. The molecule has 1 aromatic heterocycles. The van der Waals surface area contributed by atoms with Crippen molar-refractivity contribution in [3.8, 4) is 0 Å². The van der Waals surface area contributed by atoms with E-state index in [0.717, 1.165) is 5.57 Å². The second-order valence-corrected chi connectivity index (χ2v) is 6.34. The molecule has 0 amide bonds. The van der Waals surface area contributed by atoms with Crippen LogP contribution in [0.25, 0.3) is 6.08 Å². The van der Waals surface area contributed by atoms with Gasteiger partial charge in [0, 0.05) is 5.92 Å². The molecule has 1 aromatic rings. The fourth-order valence-electron chi connectivity index (χ4n) is 2.84. The van der Waals surface area contributed by atoms with Gasteiger partial charge in [-0.15, -0.1) is 10.2 Å². The Morgan fingerprint density at radius 3 is 2.80 bits per heavy atom. The summed E-state index contributed by atoms with van der Waals surface area (Å²) < 4.78 is 0. The topological polar surface area (TPSA) is 43.6 Å². The Hall–Kier alpha value is -1.71. The molecule has 1 heterocycles. The summed E-state index contributed by atoms with van der Waals surface area (Å²) in [5.41, 5.74) is 2.95. The molecule has 0 spiro atoms. The highest BCUT2D eigenvalue weighted by molar-refractivity contribution is 5.48. The number of tetrazole rings is 1. The fourth-order valence-corrected chi connectivity index (χ4v) is 2.84. The number of hydrogen-bond acceptors (Lipinski definition) is 3. The van der Waals surface area contributed by atoms with E-state index in [0.29, 0.717) is 17.2 Å². The van der Waals surface area contributed by atoms with Crippen LogP contribution in [0.2, 0.25) is 0 Å². The Kier molecular flexibility index (Phi) is 4.21. The maximum absolute atomic E-state index is 4.16. The molecule has 4 nitrogen and oxygen atoms in total. The Morgan fingerprint density at radius 1 is 1.45 bits per heavy atom. The van der Waals surface area contributed by atoms with Gasteiger partial charge in [0.25, 0.3) is 0 Å². The van der Waals surface area contributed by atoms with Crippen LogP contribution in [-0.4, -0.2) is 20.2 Å². The van der Waals surface area contributed by atoms with Crippen LogP contribution in [0.1, 0.15) is 46.4 Å². The summed E-state index contributed by atoms with van der Waals surface area (Å²) in [5, 5.41) is 12.0. The highest BCUT2D eigenvalue weighted by atomic mass is 15.6. The molecule has 0 aliphatic heterocycles. The van der Waals surface area contributed by atoms with E-state index < -0.39 is 0 Å². The van der Waals surface area contributed by atoms with Gasteiger partial charge >= 0.3 is 0 Å². The summed E-state index contributed by atoms with van der Waals surface area (Å²) in [6.07, 6.45) is 11.2. The molecular formula is C16H24N4. The third-order valence-electron chi connectivity index (χ3n) is 4.02. The Morgan fingerprint density at radius 2 is 2.20 bits per heavy atom. The van der Waals surface area contributed by atoms with Crippen LogP contribution in [0.5, 0.6) is 0 Å². The van der Waals surface area contributed by atoms with E-state index in [2.05, 4.69) is 61.3 Å². The Balaban J connectivity index is 2.13. The first-order chi connectivity index (χ1) is 9.38. The van der Waals surface area contributed by atoms with Crippen molar-refractivity contribution in [2.75, 3.05) is 0 Å². The zero-order valence-electron chi connectivity index (χ0n) is 13.1. The predicted octanol–water partition coefficient (Wildman–Crippen LogP) is 3.55. The van der Waals surface area contributed by atoms with Gasteiger partial charge < -0.3 is 0 Å². The van der Waals surface area contributed by atoms with Gasteiger partial charge in [-0.3, -0.25) is 0 Å². The first kappa shape index (κ1) is 14.7. The van der Waals surface area contributed by atoms with Crippen molar-refractivity contribution in [2.24, 2.45) is 18.4 Å². The van der Waals surface area contributed by atoms with Crippen molar-refractivity contribution in [1.82, 2.24) is 20.2 Å². The lowest BCUT2D eigenvalue weighted by atomic mass is 9.68. The second kappa shape index (κ2) is 5.73. The molecule has 1 unspecified atom stereocenters. The van der Waals surface area contributed by atoms with E-state index in [-0.39, 0.29) is 0 Å². The molecule has 20 heavy (non-hydrogen) atoms. The zero-order valence-corrected chi connectivity index (χ0v) is 13.1. The first-order valence-corrected chi connectivity index (χ1v) is 7.15. The van der Waals surface area contributed by atoms with Crippen LogP contribution >= 0.6 is 0 Å². The number of allylic oxidation sites excluding steroid dienone is 5. The molecule has 0 fully saturated rings. The van der Waals surface area contributed by atoms with Gasteiger partial charge in [-0.1, -0.05) is 37.6 Å². The van der Waals surface area contributed by atoms with Crippen molar-refractivity contribution in [2.45, 2.75) is 40.5 Å². The fraction of sp³-hybridized carbons (Fsp3) is 0.562. The van der Waals surface area contributed by atoms with E-state index in [9.17, 15) is 0 Å². The molecular weight excluding hydrogens is 248 g/mol. The molecule has 0 saturated heterocycles. The van der Waals surface area contributed by atoms with Crippen LogP contribution in [-0.2, 0) is 7.05 Å². The molecule has 0 saturated carbocycles. The number of hydrogen-bond donors (Lipinski definition) is 0. The lowest BCUT2D eigenvalue weighted by molar-refractivity contribution is 0.255. The smallest absolute Gasteiger partial charge is 0.167 e. The van der Waals surface area contributed by atoms with Crippen LogP contribution in [0, 0.1) is 11.3 Å². The third-order valence-corrected chi connectivity index (χ3v) is 4.02. The summed E-state index contributed by atoms with van der Waals surface area (Å²) in [4.78, 5) is 1.47. The van der Waals surface area contributed by atoms with Gasteiger partial charge in [-0.25, -0.2) is 0 Å². The van der Waals surface area contributed by atoms with Crippen molar-refractivity contribution in [3.05, 3.63) is 35.2 Å². The van der Waals surface area contributed by atoms with Crippen molar-refractivity contribution in [3.63, 3.8) is 0 Å². The van der Waals surface area contributed by atoms with E-state index in [1.807, 2.05) is 6.08 Å². The minimum atomic E-state index is 0.334. The summed E-state index contributed by atoms with van der Waals surface area (Å²) in [6, 6.07) is 0. The maximum Gasteiger partial charge on any atom is 0.197 e. The average molecular weight is 272 g/mol. The molecule has 4 heteroatoms. The van der Waals surface area contributed by atoms with Crippen LogP contribution in [0.15, 0.2) is 29.4 Å². The number of rotatable bonds is 3. The largest absolute Gasteiger partial charge is 0.197 e. The summed E-state index contributed by atoms with van der Waals surface area (Å²) in [7, 11) is 1.77. The lowest BCUT2D eigenvalue weighted by Crippen LogP contribution is -2.26. The third kappa shape index (κ3) is 3.44. The summed E-state index contributed by atoms with van der Waals surface area (Å²) in [6.45, 7) is 9.00. The minimum Gasteiger partial charge on any atom is -0.167 e. The van der Waals surface area contributed by atoms with Gasteiger partial charge in [-0.05, 0) is 49.0 Å². The van der Waals surface area contributed by atoms with Gasteiger partial charge in [-0.2, -0.15) is 4.80 Å². The highest BCUT2D eigenvalue weighted by Crippen LogP contribution is 2.41. The van der Waals surface area contributed by atoms with Gasteiger partial charge in [0.1, 0.15) is 0 Å². The second-order valence-electron chi connectivity index (χ2n) is 6.34. The first-order valence-electron chi connectivity index (χ1n) is 7.15. The van der Waals surface area contributed by atoms with Crippen molar-refractivity contribution in [1.29, 1.82) is 0 Å². The highest BCUT2D eigenvalue weighted by Gasteiger charge is 2.30. The average Bonchev–Trinajstić information content (AvgIpc) is 2.73. The van der Waals surface area contributed by atoms with E-state index >= 15 is 0 Å². The van der Waals surface area contributed by atoms with E-state index in [4.69, 9.17) is 0 Å². The van der Waals surface area contributed by atoms with Crippen molar-refractivity contribution < 1.29 is 0 Å². The molecule has 1 aliphatic rings. The normalized spacial score (nSPS) is 23.1. The molecule has 0 bridgehead atoms. The molecule has 108 valence electrons. The van der Waals surface area contributed by atoms with Crippen LogP contribution in [0.3, 0.4) is 0 Å². The maximum atomic E-state index is 4.16. The molecule has 2 rings (SSSR count). The SMILES string of the molecule is CC1=CCCC(C)(C)C1/C=C/C(C)=C\c1nnn(C)n1. The van der Waals surface area contributed by atoms with E-state index in [1.165, 1.54) is 23.2 Å². The number of aromatic nitrogens is 4. The van der Waals surface area contributed by atoms with E-state index in [1.54, 1.807) is 7.05 Å². The van der Waals surface area contributed by atoms with Gasteiger partial charge in [0.05, 0.1) is 7.05 Å². The summed E-state index contributed by atoms with van der Waals surface area (Å²) in [5.74, 6) is 1.17. The van der Waals surface area contributed by atoms with Gasteiger partial charge in [0.2, 0.25) is 0 Å². The molecule has 1 aliphatic carbocycles. The summed E-state index contributed by atoms with van der Waals surface area (Å²) >= 11 is 0. The molecule has 1 atom stereocenters. The zero-order chi connectivity index (χ0) is 14.8. The monoisotopic (exact) mass is 272 g/mol. The van der Waals surface area contributed by atoms with Crippen LogP contribution in [0.4, 0.5) is 0 Å². The lowest BCUT2D eigenvalue weighted by Gasteiger charge is -2.36. The predicted molar refractivity (Wildman–Crippen MR) is 81.9 cm³/mol. The molecule has 0 N–H and O–H groups in total. The number of nitrogens with zero attached hydrogens (tertiary/aromatic N) is 4. The molecule has 0 radical (unpaired) electrons. The van der Waals surface area contributed by atoms with Crippen molar-refractivity contribution >= 4 is 6.08 Å². The Labute approximate surface area is 121 Å². The standard InChI is InChI=1S/C16H24N4/c1-12(11-15-17-19-20(5)18-15)8-9-14-13(2)7-6-10-16(14,3)4/h7-9,11,14H,6,10H2,1-5H3/b9-8+,12-11-. The van der Waals surface area contributed by atoms with Crippen LogP contribution < -0.4 is 0 Å².